The smallest absolute Gasteiger partial charge is 0.137 e. The van der Waals surface area contributed by atoms with Gasteiger partial charge >= 0.3 is 0 Å². The van der Waals surface area contributed by atoms with E-state index in [1.54, 1.807) is 0 Å². The third kappa shape index (κ3) is 4.30. The van der Waals surface area contributed by atoms with Crippen LogP contribution in [0.5, 0.6) is 5.75 Å². The molecule has 0 aliphatic heterocycles. The van der Waals surface area contributed by atoms with Gasteiger partial charge in [0.2, 0.25) is 0 Å². The van der Waals surface area contributed by atoms with Crippen molar-refractivity contribution in [2.75, 3.05) is 13.7 Å². The van der Waals surface area contributed by atoms with E-state index in [9.17, 15) is 0 Å². The minimum Gasteiger partial charge on any atom is -0.492 e. The third-order valence-corrected chi connectivity index (χ3v) is 2.91. The first-order valence-electron chi connectivity index (χ1n) is 5.72. The standard InChI is InChI=1S/C14H18ClNO/c1-4-5-6-9-17-14-8-7-12(10-13(14)15)11(2)16-3/h1,7-8,10-11,16H,5-6,9H2,2-3H3. The van der Waals surface area contributed by atoms with Crippen LogP contribution in [0.25, 0.3) is 0 Å². The van der Waals surface area contributed by atoms with Gasteiger partial charge in [-0.1, -0.05) is 17.7 Å². The Morgan fingerprint density at radius 1 is 1.53 bits per heavy atom. The molecular weight excluding hydrogens is 234 g/mol. The molecule has 92 valence electrons. The number of hydrogen-bond acceptors (Lipinski definition) is 2. The van der Waals surface area contributed by atoms with Crippen LogP contribution in [0.4, 0.5) is 0 Å². The number of nitrogens with one attached hydrogen (secondary N) is 1. The average Bonchev–Trinajstić information content (AvgIpc) is 2.35. The zero-order valence-electron chi connectivity index (χ0n) is 10.3. The summed E-state index contributed by atoms with van der Waals surface area (Å²) in [4.78, 5) is 0. The molecule has 0 heterocycles. The van der Waals surface area contributed by atoms with E-state index in [1.165, 1.54) is 0 Å². The van der Waals surface area contributed by atoms with Crippen molar-refractivity contribution >= 4 is 11.6 Å². The van der Waals surface area contributed by atoms with E-state index in [0.29, 0.717) is 11.6 Å². The van der Waals surface area contributed by atoms with Crippen LogP contribution in [0.15, 0.2) is 18.2 Å². The van der Waals surface area contributed by atoms with E-state index in [-0.39, 0.29) is 6.04 Å². The highest BCUT2D eigenvalue weighted by molar-refractivity contribution is 6.32. The summed E-state index contributed by atoms with van der Waals surface area (Å²) in [5, 5.41) is 3.81. The van der Waals surface area contributed by atoms with Crippen molar-refractivity contribution in [3.8, 4) is 18.1 Å². The van der Waals surface area contributed by atoms with Crippen molar-refractivity contribution in [3.05, 3.63) is 28.8 Å². The van der Waals surface area contributed by atoms with Gasteiger partial charge in [0.15, 0.2) is 0 Å². The summed E-state index contributed by atoms with van der Waals surface area (Å²) in [6.45, 7) is 2.68. The van der Waals surface area contributed by atoms with E-state index in [0.717, 1.165) is 24.2 Å². The van der Waals surface area contributed by atoms with E-state index < -0.39 is 0 Å². The molecule has 1 unspecified atom stereocenters. The van der Waals surface area contributed by atoms with Gasteiger partial charge in [0.25, 0.3) is 0 Å². The molecule has 1 N–H and O–H groups in total. The maximum absolute atomic E-state index is 6.15. The Kier molecular flexibility index (Phi) is 5.90. The van der Waals surface area contributed by atoms with Gasteiger partial charge in [-0.05, 0) is 38.1 Å². The zero-order chi connectivity index (χ0) is 12.7. The topological polar surface area (TPSA) is 21.3 Å². The quantitative estimate of drug-likeness (QED) is 0.618. The number of ether oxygens (including phenoxy) is 1. The molecule has 0 saturated heterocycles. The Hall–Kier alpha value is -1.17. The van der Waals surface area contributed by atoms with Crippen molar-refractivity contribution in [3.63, 3.8) is 0 Å². The SMILES string of the molecule is C#CCCCOc1ccc(C(C)NC)cc1Cl. The Labute approximate surface area is 108 Å². The predicted molar refractivity (Wildman–Crippen MR) is 72.5 cm³/mol. The molecule has 0 aromatic heterocycles. The summed E-state index contributed by atoms with van der Waals surface area (Å²) < 4.78 is 5.56. The molecule has 3 heteroatoms. The number of rotatable bonds is 6. The van der Waals surface area contributed by atoms with Crippen molar-refractivity contribution in [1.82, 2.24) is 5.32 Å². The number of terminal acetylenes is 1. The second-order valence-electron chi connectivity index (χ2n) is 3.86. The van der Waals surface area contributed by atoms with Crippen LogP contribution in [0, 0.1) is 12.3 Å². The van der Waals surface area contributed by atoms with Crippen LogP contribution in [-0.4, -0.2) is 13.7 Å². The molecule has 0 aliphatic rings. The molecule has 1 aromatic rings. The van der Waals surface area contributed by atoms with Gasteiger partial charge in [-0.15, -0.1) is 12.3 Å². The van der Waals surface area contributed by atoms with Crippen LogP contribution in [0.1, 0.15) is 31.4 Å². The molecule has 1 rings (SSSR count). The fraction of sp³-hybridized carbons (Fsp3) is 0.429. The predicted octanol–water partition coefficient (Wildman–Crippen LogP) is 3.41. The number of hydrogen-bond donors (Lipinski definition) is 1. The minimum atomic E-state index is 0.281. The zero-order valence-corrected chi connectivity index (χ0v) is 11.1. The first kappa shape index (κ1) is 13.9. The molecule has 1 aromatic carbocycles. The molecule has 0 spiro atoms. The van der Waals surface area contributed by atoms with Gasteiger partial charge in [0.05, 0.1) is 11.6 Å². The third-order valence-electron chi connectivity index (χ3n) is 2.61. The Morgan fingerprint density at radius 3 is 2.88 bits per heavy atom. The van der Waals surface area contributed by atoms with E-state index in [2.05, 4.69) is 18.2 Å². The largest absolute Gasteiger partial charge is 0.492 e. The van der Waals surface area contributed by atoms with Crippen LogP contribution in [0.2, 0.25) is 5.02 Å². The molecule has 1 atom stereocenters. The average molecular weight is 252 g/mol. The molecule has 0 aliphatic carbocycles. The molecule has 0 saturated carbocycles. The molecule has 2 nitrogen and oxygen atoms in total. The fourth-order valence-corrected chi connectivity index (χ4v) is 1.67. The van der Waals surface area contributed by atoms with Gasteiger partial charge < -0.3 is 10.1 Å². The normalized spacial score (nSPS) is 11.9. The van der Waals surface area contributed by atoms with Gasteiger partial charge in [0, 0.05) is 12.5 Å². The molecule has 0 amide bonds. The second-order valence-corrected chi connectivity index (χ2v) is 4.26. The van der Waals surface area contributed by atoms with Gasteiger partial charge in [0.1, 0.15) is 5.75 Å². The van der Waals surface area contributed by atoms with Crippen LogP contribution < -0.4 is 10.1 Å². The van der Waals surface area contributed by atoms with Crippen molar-refractivity contribution < 1.29 is 4.74 Å². The Bertz CT molecular complexity index is 398. The minimum absolute atomic E-state index is 0.281. The molecule has 0 fully saturated rings. The first-order chi connectivity index (χ1) is 8.19. The molecule has 0 radical (unpaired) electrons. The van der Waals surface area contributed by atoms with Gasteiger partial charge in [-0.25, -0.2) is 0 Å². The summed E-state index contributed by atoms with van der Waals surface area (Å²) >= 11 is 6.15. The fourth-order valence-electron chi connectivity index (χ4n) is 1.43. The van der Waals surface area contributed by atoms with Crippen LogP contribution in [0.3, 0.4) is 0 Å². The number of unbranched alkanes of at least 4 members (excludes halogenated alkanes) is 1. The highest BCUT2D eigenvalue weighted by Crippen LogP contribution is 2.27. The highest BCUT2D eigenvalue weighted by Gasteiger charge is 2.07. The monoisotopic (exact) mass is 251 g/mol. The lowest BCUT2D eigenvalue weighted by molar-refractivity contribution is 0.313. The van der Waals surface area contributed by atoms with Crippen molar-refractivity contribution in [1.29, 1.82) is 0 Å². The van der Waals surface area contributed by atoms with Gasteiger partial charge in [-0.3, -0.25) is 0 Å². The molecule has 0 bridgehead atoms. The van der Waals surface area contributed by atoms with Crippen LogP contribution in [-0.2, 0) is 0 Å². The maximum atomic E-state index is 6.15. The molecular formula is C14H18ClNO. The summed E-state index contributed by atoms with van der Waals surface area (Å²) in [7, 11) is 1.92. The second kappa shape index (κ2) is 7.21. The first-order valence-corrected chi connectivity index (χ1v) is 6.09. The Balaban J connectivity index is 2.60. The maximum Gasteiger partial charge on any atom is 0.137 e. The lowest BCUT2D eigenvalue weighted by atomic mass is 10.1. The van der Waals surface area contributed by atoms with Crippen LogP contribution >= 0.6 is 11.6 Å². The van der Waals surface area contributed by atoms with E-state index in [1.807, 2.05) is 25.2 Å². The Morgan fingerprint density at radius 2 is 2.29 bits per heavy atom. The highest BCUT2D eigenvalue weighted by atomic mass is 35.5. The summed E-state index contributed by atoms with van der Waals surface area (Å²) in [6.07, 6.45) is 6.75. The number of halogens is 1. The lowest BCUT2D eigenvalue weighted by Gasteiger charge is -2.13. The van der Waals surface area contributed by atoms with E-state index in [4.69, 9.17) is 22.8 Å². The van der Waals surface area contributed by atoms with Crippen molar-refractivity contribution in [2.24, 2.45) is 0 Å². The summed E-state index contributed by atoms with van der Waals surface area (Å²) in [5.41, 5.74) is 1.15. The lowest BCUT2D eigenvalue weighted by Crippen LogP contribution is -2.12. The van der Waals surface area contributed by atoms with E-state index >= 15 is 0 Å². The molecule has 17 heavy (non-hydrogen) atoms. The summed E-state index contributed by atoms with van der Waals surface area (Å²) in [6, 6.07) is 6.13. The summed E-state index contributed by atoms with van der Waals surface area (Å²) in [5.74, 6) is 3.30. The van der Waals surface area contributed by atoms with Gasteiger partial charge in [-0.2, -0.15) is 0 Å². The number of benzene rings is 1. The van der Waals surface area contributed by atoms with Crippen molar-refractivity contribution in [2.45, 2.75) is 25.8 Å².